The summed E-state index contributed by atoms with van der Waals surface area (Å²) in [4.78, 5) is 0. The molecule has 0 aromatic heterocycles. The first-order chi connectivity index (χ1) is 13.7. The van der Waals surface area contributed by atoms with E-state index in [-0.39, 0.29) is 0 Å². The molecule has 0 spiro atoms. The lowest BCUT2D eigenvalue weighted by molar-refractivity contribution is 0.704. The molecular formula is C26H25BN+. The number of nitrogens with zero attached hydrogens (tertiary/aromatic N) is 1. The highest BCUT2D eigenvalue weighted by atomic mass is 15.4. The van der Waals surface area contributed by atoms with Crippen LogP contribution in [0, 0.1) is 0 Å². The van der Waals surface area contributed by atoms with Crippen molar-refractivity contribution >= 4 is 34.9 Å². The first-order valence-electron chi connectivity index (χ1n) is 9.89. The standard InChI is InChI=1S/C26H25BN/c1-27(2)22-13-12-20-26(21-22)28(23-14-6-3-7-15-23,24-16-8-4-9-17-24)25-18-10-5-11-19-25/h3-21H,1-2H3/q+1. The molecule has 4 aromatic rings. The summed E-state index contributed by atoms with van der Waals surface area (Å²) >= 11 is 0. The van der Waals surface area contributed by atoms with Crippen LogP contribution in [0.5, 0.6) is 0 Å². The van der Waals surface area contributed by atoms with Crippen LogP contribution in [0.25, 0.3) is 0 Å². The largest absolute Gasteiger partial charge is 0.194 e. The van der Waals surface area contributed by atoms with Crippen LogP contribution in [-0.2, 0) is 0 Å². The van der Waals surface area contributed by atoms with Crippen LogP contribution in [0.15, 0.2) is 115 Å². The average molecular weight is 362 g/mol. The van der Waals surface area contributed by atoms with E-state index in [2.05, 4.69) is 129 Å². The van der Waals surface area contributed by atoms with Crippen LogP contribution in [0.4, 0.5) is 22.7 Å². The Balaban J connectivity index is 2.12. The fourth-order valence-corrected chi connectivity index (χ4v) is 3.94. The third-order valence-corrected chi connectivity index (χ3v) is 5.35. The summed E-state index contributed by atoms with van der Waals surface area (Å²) in [7, 11) is 0. The fourth-order valence-electron chi connectivity index (χ4n) is 3.94. The number of rotatable bonds is 5. The number of para-hydroxylation sites is 3. The second-order valence-electron chi connectivity index (χ2n) is 7.43. The van der Waals surface area contributed by atoms with E-state index in [1.807, 2.05) is 0 Å². The smallest absolute Gasteiger partial charge is 0.169 e. The molecule has 0 unspecified atom stereocenters. The zero-order chi connectivity index (χ0) is 19.4. The van der Waals surface area contributed by atoms with Gasteiger partial charge in [0.2, 0.25) is 0 Å². The van der Waals surface area contributed by atoms with Crippen molar-refractivity contribution in [3.8, 4) is 0 Å². The lowest BCUT2D eigenvalue weighted by Crippen LogP contribution is -2.35. The summed E-state index contributed by atoms with van der Waals surface area (Å²) in [6.07, 6.45) is 0. The third kappa shape index (κ3) is 3.17. The molecule has 28 heavy (non-hydrogen) atoms. The molecule has 0 bridgehead atoms. The van der Waals surface area contributed by atoms with Crippen LogP contribution in [-0.4, -0.2) is 6.71 Å². The molecule has 4 rings (SSSR count). The normalized spacial score (nSPS) is 11.2. The van der Waals surface area contributed by atoms with E-state index < -0.39 is 0 Å². The number of quaternary nitrogens is 1. The molecule has 0 atom stereocenters. The van der Waals surface area contributed by atoms with Crippen molar-refractivity contribution in [1.29, 1.82) is 0 Å². The van der Waals surface area contributed by atoms with E-state index in [1.54, 1.807) is 0 Å². The first-order valence-corrected chi connectivity index (χ1v) is 9.89. The molecule has 0 saturated heterocycles. The summed E-state index contributed by atoms with van der Waals surface area (Å²) in [5, 5.41) is 0. The Morgan fingerprint density at radius 2 is 0.857 bits per heavy atom. The fraction of sp³-hybridized carbons (Fsp3) is 0.0769. The van der Waals surface area contributed by atoms with Gasteiger partial charge in [-0.15, -0.1) is 0 Å². The van der Waals surface area contributed by atoms with Crippen LogP contribution in [0.1, 0.15) is 0 Å². The number of hydrogen-bond donors (Lipinski definition) is 0. The molecule has 4 aromatic carbocycles. The predicted molar refractivity (Wildman–Crippen MR) is 124 cm³/mol. The van der Waals surface area contributed by atoms with Gasteiger partial charge in [-0.25, -0.2) is 0 Å². The van der Waals surface area contributed by atoms with E-state index in [4.69, 9.17) is 0 Å². The lowest BCUT2D eigenvalue weighted by Gasteiger charge is -2.37. The Morgan fingerprint density at radius 1 is 0.464 bits per heavy atom. The Bertz CT molecular complexity index is 931. The summed E-state index contributed by atoms with van der Waals surface area (Å²) in [6, 6.07) is 41.4. The van der Waals surface area contributed by atoms with Crippen molar-refractivity contribution in [3.05, 3.63) is 115 Å². The predicted octanol–water partition coefficient (Wildman–Crippen LogP) is 6.95. The van der Waals surface area contributed by atoms with Crippen LogP contribution >= 0.6 is 0 Å². The quantitative estimate of drug-likeness (QED) is 0.266. The minimum absolute atomic E-state index is 0.476. The van der Waals surface area contributed by atoms with Crippen molar-refractivity contribution < 1.29 is 0 Å². The summed E-state index contributed by atoms with van der Waals surface area (Å²) < 4.78 is 0.559. The zero-order valence-corrected chi connectivity index (χ0v) is 16.5. The molecule has 1 nitrogen and oxygen atoms in total. The van der Waals surface area contributed by atoms with Crippen molar-refractivity contribution in [2.45, 2.75) is 13.6 Å². The first kappa shape index (κ1) is 18.3. The SMILES string of the molecule is CB(C)c1cccc([N+](c2ccccc2)(c2ccccc2)c2ccccc2)c1. The maximum atomic E-state index is 2.36. The van der Waals surface area contributed by atoms with Gasteiger partial charge < -0.3 is 0 Å². The highest BCUT2D eigenvalue weighted by Gasteiger charge is 2.39. The van der Waals surface area contributed by atoms with E-state index in [1.165, 1.54) is 28.2 Å². The van der Waals surface area contributed by atoms with Crippen molar-refractivity contribution in [2.24, 2.45) is 0 Å². The zero-order valence-electron chi connectivity index (χ0n) is 16.5. The van der Waals surface area contributed by atoms with E-state index in [0.29, 0.717) is 11.2 Å². The van der Waals surface area contributed by atoms with Crippen molar-refractivity contribution in [1.82, 2.24) is 4.48 Å². The molecule has 0 amide bonds. The van der Waals surface area contributed by atoms with Crippen LogP contribution in [0.3, 0.4) is 0 Å². The average Bonchev–Trinajstić information content (AvgIpc) is 2.77. The maximum absolute atomic E-state index is 2.36. The maximum Gasteiger partial charge on any atom is 0.169 e. The third-order valence-electron chi connectivity index (χ3n) is 5.35. The van der Waals surface area contributed by atoms with Gasteiger partial charge in [0.1, 0.15) is 22.7 Å². The number of benzene rings is 4. The Labute approximate surface area is 168 Å². The molecule has 0 radical (unpaired) electrons. The topological polar surface area (TPSA) is 0 Å². The molecule has 0 heterocycles. The molecule has 0 aliphatic heterocycles. The Kier molecular flexibility index (Phi) is 5.14. The van der Waals surface area contributed by atoms with Gasteiger partial charge in [0.05, 0.1) is 0 Å². The number of hydrogen-bond acceptors (Lipinski definition) is 0. The van der Waals surface area contributed by atoms with Gasteiger partial charge in [-0.05, 0) is 6.07 Å². The van der Waals surface area contributed by atoms with E-state index in [0.717, 1.165) is 0 Å². The van der Waals surface area contributed by atoms with Gasteiger partial charge in [-0.3, -0.25) is 0 Å². The molecule has 136 valence electrons. The van der Waals surface area contributed by atoms with Gasteiger partial charge in [0.15, 0.2) is 6.71 Å². The van der Waals surface area contributed by atoms with Gasteiger partial charge >= 0.3 is 0 Å². The molecule has 0 saturated carbocycles. The van der Waals surface area contributed by atoms with Crippen molar-refractivity contribution in [2.75, 3.05) is 0 Å². The van der Waals surface area contributed by atoms with E-state index in [9.17, 15) is 0 Å². The van der Waals surface area contributed by atoms with Gasteiger partial charge in [0, 0.05) is 42.5 Å². The highest BCUT2D eigenvalue weighted by molar-refractivity contribution is 6.70. The Morgan fingerprint density at radius 3 is 1.25 bits per heavy atom. The lowest BCUT2D eigenvalue weighted by atomic mass is 9.49. The van der Waals surface area contributed by atoms with E-state index >= 15 is 0 Å². The molecule has 0 N–H and O–H groups in total. The van der Waals surface area contributed by atoms with Gasteiger partial charge in [-0.1, -0.05) is 85.8 Å². The molecule has 0 aliphatic carbocycles. The molecule has 0 aliphatic rings. The molecule has 0 fully saturated rings. The monoisotopic (exact) mass is 362 g/mol. The molecule has 2 heteroatoms. The van der Waals surface area contributed by atoms with Crippen LogP contribution in [0.2, 0.25) is 13.6 Å². The second-order valence-corrected chi connectivity index (χ2v) is 7.43. The van der Waals surface area contributed by atoms with Crippen LogP contribution < -0.4 is 9.95 Å². The Hall–Kier alpha value is -3.10. The summed E-state index contributed by atoms with van der Waals surface area (Å²) in [5.74, 6) is 0. The summed E-state index contributed by atoms with van der Waals surface area (Å²) in [5.41, 5.74) is 6.26. The van der Waals surface area contributed by atoms with Gasteiger partial charge in [-0.2, -0.15) is 4.48 Å². The molecular weight excluding hydrogens is 337 g/mol. The van der Waals surface area contributed by atoms with Crippen molar-refractivity contribution in [3.63, 3.8) is 0 Å². The van der Waals surface area contributed by atoms with Gasteiger partial charge in [0.25, 0.3) is 0 Å². The highest BCUT2D eigenvalue weighted by Crippen LogP contribution is 2.50. The second kappa shape index (κ2) is 7.88. The minimum atomic E-state index is 0.476. The minimum Gasteiger partial charge on any atom is -0.194 e. The summed E-state index contributed by atoms with van der Waals surface area (Å²) in [6.45, 7) is 4.98.